The number of hydrogen-bond donors (Lipinski definition) is 2. The Kier molecular flexibility index (Phi) is 6.26. The zero-order valence-electron chi connectivity index (χ0n) is 17.7. The van der Waals surface area contributed by atoms with Gasteiger partial charge in [0.1, 0.15) is 0 Å². The van der Waals surface area contributed by atoms with Gasteiger partial charge in [-0.1, -0.05) is 12.1 Å². The Morgan fingerprint density at radius 2 is 1.70 bits per heavy atom. The predicted molar refractivity (Wildman–Crippen MR) is 116 cm³/mol. The fraction of sp³-hybridized carbons (Fsp3) is 0.348. The van der Waals surface area contributed by atoms with Gasteiger partial charge in [0.2, 0.25) is 5.91 Å². The zero-order valence-corrected chi connectivity index (χ0v) is 17.7. The number of imide groups is 1. The van der Waals surface area contributed by atoms with Crippen molar-refractivity contribution in [3.05, 3.63) is 59.2 Å². The maximum atomic E-state index is 13.3. The summed E-state index contributed by atoms with van der Waals surface area (Å²) in [5.41, 5.74) is 0.733. The molecule has 7 nitrogen and oxygen atoms in total. The molecule has 2 N–H and O–H groups in total. The van der Waals surface area contributed by atoms with E-state index in [1.165, 1.54) is 18.2 Å². The van der Waals surface area contributed by atoms with Gasteiger partial charge in [0.25, 0.3) is 5.91 Å². The van der Waals surface area contributed by atoms with Crippen molar-refractivity contribution in [3.63, 3.8) is 0 Å². The van der Waals surface area contributed by atoms with E-state index in [1.54, 1.807) is 12.1 Å². The van der Waals surface area contributed by atoms with Crippen LogP contribution in [0.5, 0.6) is 0 Å². The minimum Gasteiger partial charge on any atom is -0.370 e. The van der Waals surface area contributed by atoms with E-state index in [2.05, 4.69) is 10.6 Å². The van der Waals surface area contributed by atoms with Crippen LogP contribution in [0.15, 0.2) is 42.5 Å². The highest BCUT2D eigenvalue weighted by atomic mass is 19.4. The summed E-state index contributed by atoms with van der Waals surface area (Å²) in [6, 6.07) is 9.16. The molecule has 0 radical (unpaired) electrons. The minimum absolute atomic E-state index is 0.0460. The van der Waals surface area contributed by atoms with Crippen molar-refractivity contribution < 1.29 is 27.6 Å². The van der Waals surface area contributed by atoms with Gasteiger partial charge >= 0.3 is 12.2 Å². The number of alkyl halides is 3. The molecular weight excluding hydrogens is 437 g/mol. The lowest BCUT2D eigenvalue weighted by atomic mass is 10.1. The number of piperidine rings is 1. The van der Waals surface area contributed by atoms with Crippen molar-refractivity contribution in [3.8, 4) is 0 Å². The molecule has 2 aromatic carbocycles. The quantitative estimate of drug-likeness (QED) is 0.661. The summed E-state index contributed by atoms with van der Waals surface area (Å²) in [6.45, 7) is 1.45. The smallest absolute Gasteiger partial charge is 0.370 e. The van der Waals surface area contributed by atoms with Crippen LogP contribution in [0.25, 0.3) is 0 Å². The van der Waals surface area contributed by atoms with Gasteiger partial charge in [0, 0.05) is 18.7 Å². The summed E-state index contributed by atoms with van der Waals surface area (Å²) in [4.78, 5) is 39.3. The molecule has 2 aliphatic heterocycles. The van der Waals surface area contributed by atoms with E-state index in [0.717, 1.165) is 36.3 Å². The molecule has 2 aromatic rings. The molecule has 4 rings (SSSR count). The molecule has 0 bridgehead atoms. The molecule has 2 aliphatic rings. The number of hydrogen-bond acceptors (Lipinski definition) is 4. The van der Waals surface area contributed by atoms with E-state index in [9.17, 15) is 27.6 Å². The maximum Gasteiger partial charge on any atom is 0.416 e. The molecule has 2 fully saturated rings. The van der Waals surface area contributed by atoms with Gasteiger partial charge in [0.05, 0.1) is 30.0 Å². The summed E-state index contributed by atoms with van der Waals surface area (Å²) in [5.74, 6) is -0.884. The van der Waals surface area contributed by atoms with Crippen LogP contribution in [-0.4, -0.2) is 42.4 Å². The molecular formula is C23H23F3N4O3. The molecule has 33 heavy (non-hydrogen) atoms. The zero-order chi connectivity index (χ0) is 23.6. The van der Waals surface area contributed by atoms with Gasteiger partial charge in [-0.05, 0) is 55.2 Å². The fourth-order valence-corrected chi connectivity index (χ4v) is 3.98. The van der Waals surface area contributed by atoms with Crippen LogP contribution < -0.4 is 15.5 Å². The predicted octanol–water partition coefficient (Wildman–Crippen LogP) is 4.00. The van der Waals surface area contributed by atoms with E-state index >= 15 is 0 Å². The van der Waals surface area contributed by atoms with Crippen molar-refractivity contribution in [1.82, 2.24) is 10.2 Å². The van der Waals surface area contributed by atoms with Gasteiger partial charge < -0.3 is 15.5 Å². The second kappa shape index (κ2) is 9.13. The largest absolute Gasteiger partial charge is 0.416 e. The highest BCUT2D eigenvalue weighted by Crippen LogP contribution is 2.36. The average Bonchev–Trinajstić information content (AvgIpc) is 3.11. The van der Waals surface area contributed by atoms with Crippen molar-refractivity contribution in [1.29, 1.82) is 0 Å². The Hall–Kier alpha value is -3.56. The normalized spacial score (nSPS) is 16.7. The van der Waals surface area contributed by atoms with E-state index in [1.807, 2.05) is 4.90 Å². The molecule has 174 valence electrons. The van der Waals surface area contributed by atoms with Gasteiger partial charge in [-0.15, -0.1) is 0 Å². The number of nitrogens with one attached hydrogen (secondary N) is 2. The number of benzene rings is 2. The van der Waals surface area contributed by atoms with E-state index in [4.69, 9.17) is 0 Å². The number of urea groups is 1. The first-order valence-electron chi connectivity index (χ1n) is 10.7. The van der Waals surface area contributed by atoms with Gasteiger partial charge in [0.15, 0.2) is 0 Å². The third-order valence-electron chi connectivity index (χ3n) is 5.76. The lowest BCUT2D eigenvalue weighted by molar-refractivity contribution is -0.137. The number of nitrogens with zero attached hydrogens (tertiary/aromatic N) is 2. The number of rotatable bonds is 5. The molecule has 0 aliphatic carbocycles. The van der Waals surface area contributed by atoms with E-state index in [-0.39, 0.29) is 30.2 Å². The van der Waals surface area contributed by atoms with Crippen LogP contribution >= 0.6 is 0 Å². The Morgan fingerprint density at radius 3 is 2.30 bits per heavy atom. The Balaban J connectivity index is 1.53. The lowest BCUT2D eigenvalue weighted by Gasteiger charge is -2.31. The second-order valence-electron chi connectivity index (χ2n) is 8.07. The monoisotopic (exact) mass is 460 g/mol. The summed E-state index contributed by atoms with van der Waals surface area (Å²) in [5, 5.41) is 5.07. The summed E-state index contributed by atoms with van der Waals surface area (Å²) < 4.78 is 39.9. The first-order valence-corrected chi connectivity index (χ1v) is 10.7. The number of halogens is 3. The lowest BCUT2D eigenvalue weighted by Crippen LogP contribution is -2.30. The fourth-order valence-electron chi connectivity index (χ4n) is 3.98. The number of carbonyl (C=O) groups is 3. The Labute approximate surface area is 188 Å². The maximum absolute atomic E-state index is 13.3. The highest BCUT2D eigenvalue weighted by molar-refractivity contribution is 6.06. The van der Waals surface area contributed by atoms with Crippen LogP contribution in [0.4, 0.5) is 29.3 Å². The van der Waals surface area contributed by atoms with Crippen LogP contribution in [0.1, 0.15) is 40.7 Å². The van der Waals surface area contributed by atoms with Crippen molar-refractivity contribution >= 4 is 29.2 Å². The molecule has 10 heteroatoms. The minimum atomic E-state index is -4.53. The summed E-state index contributed by atoms with van der Waals surface area (Å²) in [6.07, 6.45) is -1.59. The highest BCUT2D eigenvalue weighted by Gasteiger charge is 2.32. The topological polar surface area (TPSA) is 81.8 Å². The van der Waals surface area contributed by atoms with Crippen molar-refractivity contribution in [2.24, 2.45) is 0 Å². The molecule has 2 saturated heterocycles. The van der Waals surface area contributed by atoms with Crippen LogP contribution in [-0.2, 0) is 17.5 Å². The molecule has 0 atom stereocenters. The Bertz CT molecular complexity index is 1050. The SMILES string of the molecule is O=C(Nc1cc(C(F)(F)F)ccc1N1CCCCC1)c1ccc(CN2C(=O)CNC2=O)cc1. The molecule has 0 saturated carbocycles. The van der Waals surface area contributed by atoms with Crippen LogP contribution in [0.3, 0.4) is 0 Å². The third kappa shape index (κ3) is 5.10. The number of anilines is 2. The molecule has 0 unspecified atom stereocenters. The van der Waals surface area contributed by atoms with E-state index in [0.29, 0.717) is 24.3 Å². The van der Waals surface area contributed by atoms with Crippen molar-refractivity contribution in [2.75, 3.05) is 29.9 Å². The summed E-state index contributed by atoms with van der Waals surface area (Å²) in [7, 11) is 0. The first kappa shape index (κ1) is 22.6. The third-order valence-corrected chi connectivity index (χ3v) is 5.76. The van der Waals surface area contributed by atoms with Crippen LogP contribution in [0.2, 0.25) is 0 Å². The Morgan fingerprint density at radius 1 is 1.00 bits per heavy atom. The van der Waals surface area contributed by atoms with Gasteiger partial charge in [-0.25, -0.2) is 4.79 Å². The number of carbonyl (C=O) groups excluding carboxylic acids is 3. The van der Waals surface area contributed by atoms with Gasteiger partial charge in [-0.2, -0.15) is 13.2 Å². The summed E-state index contributed by atoms with van der Waals surface area (Å²) >= 11 is 0. The second-order valence-corrected chi connectivity index (χ2v) is 8.07. The molecule has 2 heterocycles. The molecule has 4 amide bonds. The number of amides is 4. The first-order chi connectivity index (χ1) is 15.7. The van der Waals surface area contributed by atoms with Gasteiger partial charge in [-0.3, -0.25) is 14.5 Å². The van der Waals surface area contributed by atoms with E-state index < -0.39 is 23.7 Å². The molecule has 0 spiro atoms. The standard InChI is InChI=1S/C23H23F3N4O3/c24-23(25,26)17-8-9-19(29-10-2-1-3-11-29)18(12-17)28-21(32)16-6-4-15(5-7-16)14-30-20(31)13-27-22(30)33/h4-9,12H,1-3,10-11,13-14H2,(H,27,33)(H,28,32). The average molecular weight is 460 g/mol. The van der Waals surface area contributed by atoms with Crippen molar-refractivity contribution in [2.45, 2.75) is 32.0 Å². The van der Waals surface area contributed by atoms with Crippen LogP contribution in [0, 0.1) is 0 Å². The molecule has 0 aromatic heterocycles.